The van der Waals surface area contributed by atoms with Gasteiger partial charge in [0.05, 0.1) is 6.04 Å². The number of amides is 4. The molecule has 298 valence electrons. The molecule has 3 heterocycles. The van der Waals surface area contributed by atoms with Crippen molar-refractivity contribution in [3.05, 3.63) is 30.0 Å². The molecule has 0 spiro atoms. The summed E-state index contributed by atoms with van der Waals surface area (Å²) in [7, 11) is -3.97. The second-order valence-electron chi connectivity index (χ2n) is 16.7. The highest BCUT2D eigenvalue weighted by atomic mass is 32.2. The molecule has 4 N–H and O–H groups in total. The largest absolute Gasteiger partial charge is 0.444 e. The van der Waals surface area contributed by atoms with Crippen LogP contribution in [0.2, 0.25) is 0 Å². The summed E-state index contributed by atoms with van der Waals surface area (Å²) in [5.74, 6) is -1.07. The predicted octanol–water partition coefficient (Wildman–Crippen LogP) is 6.03. The third-order valence-electron chi connectivity index (χ3n) is 11.8. The molecule has 0 bridgehead atoms. The zero-order valence-electron chi connectivity index (χ0n) is 31.8. The number of fused-ring (bicyclic) bond motifs is 1. The number of halogens is 1. The fourth-order valence-electron chi connectivity index (χ4n) is 9.09. The Hall–Kier alpha value is -3.72. The number of alkyl halides is 1. The first kappa shape index (κ1) is 40.0. The number of hydrogen-bond acceptors (Lipinski definition) is 7. The van der Waals surface area contributed by atoms with Gasteiger partial charge in [0.25, 0.3) is 5.91 Å². The molecule has 54 heavy (non-hydrogen) atoms. The van der Waals surface area contributed by atoms with Gasteiger partial charge in [-0.05, 0) is 108 Å². The molecule has 15 heteroatoms. The van der Waals surface area contributed by atoms with Gasteiger partial charge in [-0.25, -0.2) is 13.9 Å². The molecule has 1 aromatic heterocycles. The van der Waals surface area contributed by atoms with Crippen LogP contribution in [0.3, 0.4) is 0 Å². The summed E-state index contributed by atoms with van der Waals surface area (Å²) < 4.78 is 48.5. The number of H-pyrrole nitrogens is 1. The zero-order valence-corrected chi connectivity index (χ0v) is 32.6. The molecule has 0 unspecified atom stereocenters. The van der Waals surface area contributed by atoms with Crippen LogP contribution in [0.4, 0.5) is 14.9 Å². The SMILES string of the molecule is CC(C)(C)OC(=O)N[C@H](CF)C1CCC(C(=O)N2CC[C@@H](C3CCCCC3)[C@H]2C(=O)Nc2ccc3[nH]c(C(=O)NS(=O)(=O)N4CCCCC4)cc3c2)CC1. The van der Waals surface area contributed by atoms with E-state index in [-0.39, 0.29) is 35.3 Å². The number of likely N-dealkylation sites (tertiary alicyclic amines) is 1. The lowest BCUT2D eigenvalue weighted by atomic mass is 9.76. The van der Waals surface area contributed by atoms with E-state index in [1.54, 1.807) is 49.9 Å². The van der Waals surface area contributed by atoms with Gasteiger partial charge in [-0.1, -0.05) is 38.5 Å². The van der Waals surface area contributed by atoms with Gasteiger partial charge in [0, 0.05) is 42.1 Å². The number of nitrogens with zero attached hydrogens (tertiary/aromatic N) is 2. The summed E-state index contributed by atoms with van der Waals surface area (Å²) in [4.78, 5) is 58.6. The van der Waals surface area contributed by atoms with Crippen molar-refractivity contribution in [2.45, 2.75) is 122 Å². The van der Waals surface area contributed by atoms with Crippen LogP contribution in [0.25, 0.3) is 10.9 Å². The summed E-state index contributed by atoms with van der Waals surface area (Å²) in [6.45, 7) is 5.80. The van der Waals surface area contributed by atoms with Crippen LogP contribution in [-0.4, -0.2) is 90.4 Å². The number of nitrogens with one attached hydrogen (secondary N) is 4. The smallest absolute Gasteiger partial charge is 0.407 e. The number of benzene rings is 1. The topological polar surface area (TPSA) is 170 Å². The van der Waals surface area contributed by atoms with Crippen LogP contribution in [0.5, 0.6) is 0 Å². The Bertz CT molecular complexity index is 1770. The number of ether oxygens (including phenoxy) is 1. The first-order valence-electron chi connectivity index (χ1n) is 19.8. The Morgan fingerprint density at radius 2 is 1.59 bits per heavy atom. The van der Waals surface area contributed by atoms with E-state index in [4.69, 9.17) is 4.74 Å². The molecule has 4 fully saturated rings. The number of piperidine rings is 1. The van der Waals surface area contributed by atoms with Gasteiger partial charge in [-0.2, -0.15) is 12.7 Å². The van der Waals surface area contributed by atoms with Crippen LogP contribution >= 0.6 is 0 Å². The van der Waals surface area contributed by atoms with E-state index in [1.165, 1.54) is 10.7 Å². The van der Waals surface area contributed by atoms with Crippen LogP contribution in [-0.2, 0) is 24.5 Å². The van der Waals surface area contributed by atoms with Crippen molar-refractivity contribution in [3.63, 3.8) is 0 Å². The molecule has 2 aromatic rings. The van der Waals surface area contributed by atoms with Gasteiger partial charge in [0.2, 0.25) is 11.8 Å². The normalized spacial score (nSPS) is 25.2. The summed E-state index contributed by atoms with van der Waals surface area (Å²) in [5.41, 5.74) is 0.514. The summed E-state index contributed by atoms with van der Waals surface area (Å²) in [5, 5.41) is 6.39. The van der Waals surface area contributed by atoms with Gasteiger partial charge >= 0.3 is 16.3 Å². The number of carbonyl (C=O) groups is 4. The Balaban J connectivity index is 1.12. The molecular formula is C39H57FN6O7S. The van der Waals surface area contributed by atoms with E-state index in [0.29, 0.717) is 67.8 Å². The quantitative estimate of drug-likeness (QED) is 0.229. The highest BCUT2D eigenvalue weighted by Crippen LogP contribution is 2.41. The summed E-state index contributed by atoms with van der Waals surface area (Å²) in [6, 6.07) is 5.45. The van der Waals surface area contributed by atoms with Crippen molar-refractivity contribution in [1.82, 2.24) is 24.2 Å². The Labute approximate surface area is 318 Å². The monoisotopic (exact) mass is 772 g/mol. The number of aromatic nitrogens is 1. The summed E-state index contributed by atoms with van der Waals surface area (Å²) >= 11 is 0. The number of alkyl carbamates (subject to hydrolysis) is 1. The van der Waals surface area contributed by atoms with Crippen molar-refractivity contribution in [1.29, 1.82) is 0 Å². The van der Waals surface area contributed by atoms with Crippen molar-refractivity contribution >= 4 is 50.6 Å². The first-order valence-corrected chi connectivity index (χ1v) is 21.3. The lowest BCUT2D eigenvalue weighted by Gasteiger charge is -2.37. The predicted molar refractivity (Wildman–Crippen MR) is 204 cm³/mol. The van der Waals surface area contributed by atoms with E-state index >= 15 is 0 Å². The molecule has 6 rings (SSSR count). The molecule has 2 saturated carbocycles. The number of aromatic amines is 1. The summed E-state index contributed by atoms with van der Waals surface area (Å²) in [6.07, 6.45) is 10.3. The molecule has 2 aliphatic carbocycles. The Morgan fingerprint density at radius 1 is 0.907 bits per heavy atom. The van der Waals surface area contributed by atoms with Crippen molar-refractivity contribution in [2.24, 2.45) is 23.7 Å². The maximum absolute atomic E-state index is 14.3. The number of hydrogen-bond donors (Lipinski definition) is 4. The molecule has 4 amide bonds. The molecule has 4 aliphatic rings. The van der Waals surface area contributed by atoms with E-state index in [9.17, 15) is 32.0 Å². The fraction of sp³-hybridized carbons (Fsp3) is 0.692. The van der Waals surface area contributed by atoms with Crippen LogP contribution in [0.15, 0.2) is 24.3 Å². The third kappa shape index (κ3) is 9.55. The maximum atomic E-state index is 14.3. The number of rotatable bonds is 10. The van der Waals surface area contributed by atoms with Crippen LogP contribution < -0.4 is 15.4 Å². The zero-order chi connectivity index (χ0) is 38.6. The highest BCUT2D eigenvalue weighted by molar-refractivity contribution is 7.87. The van der Waals surface area contributed by atoms with Gasteiger partial charge < -0.3 is 25.3 Å². The molecular weight excluding hydrogens is 716 g/mol. The molecule has 1 aromatic carbocycles. The second-order valence-corrected chi connectivity index (χ2v) is 18.4. The fourth-order valence-corrected chi connectivity index (χ4v) is 10.3. The number of carbonyl (C=O) groups excluding carboxylic acids is 4. The van der Waals surface area contributed by atoms with Gasteiger partial charge in [-0.3, -0.25) is 14.4 Å². The van der Waals surface area contributed by atoms with Gasteiger partial charge in [0.1, 0.15) is 24.0 Å². The van der Waals surface area contributed by atoms with Gasteiger partial charge in [-0.15, -0.1) is 0 Å². The van der Waals surface area contributed by atoms with Crippen molar-refractivity contribution in [3.8, 4) is 0 Å². The molecule has 13 nitrogen and oxygen atoms in total. The van der Waals surface area contributed by atoms with Crippen molar-refractivity contribution < 1.29 is 36.7 Å². The average Bonchev–Trinajstić information content (AvgIpc) is 3.79. The average molecular weight is 773 g/mol. The van der Waals surface area contributed by atoms with Crippen LogP contribution in [0.1, 0.15) is 115 Å². The minimum atomic E-state index is -3.97. The van der Waals surface area contributed by atoms with E-state index in [1.807, 2.05) is 0 Å². The van der Waals surface area contributed by atoms with E-state index in [2.05, 4.69) is 20.3 Å². The maximum Gasteiger partial charge on any atom is 0.407 e. The molecule has 0 radical (unpaired) electrons. The lowest BCUT2D eigenvalue weighted by molar-refractivity contribution is -0.142. The van der Waals surface area contributed by atoms with E-state index in [0.717, 1.165) is 51.4 Å². The number of anilines is 1. The Morgan fingerprint density at radius 3 is 2.26 bits per heavy atom. The Kier molecular flexibility index (Phi) is 12.6. The van der Waals surface area contributed by atoms with Crippen LogP contribution in [0, 0.1) is 23.7 Å². The van der Waals surface area contributed by atoms with Gasteiger partial charge in [0.15, 0.2) is 0 Å². The molecule has 2 aliphatic heterocycles. The standard InChI is InChI=1S/C39H57FN6O7S/c1-39(2,3)53-38(50)43-33(24-40)26-12-14-27(15-13-26)37(49)46-21-18-30(25-10-6-4-7-11-25)34(46)36(48)41-29-16-17-31-28(22-29)23-32(42-31)35(47)44-54(51,52)45-19-8-5-9-20-45/h16-17,22-23,25-27,30,33-34,42H,4-15,18-21,24H2,1-3H3,(H,41,48)(H,43,50)(H,44,47)/t26?,27?,30-,33+,34-/m0/s1. The third-order valence-corrected chi connectivity index (χ3v) is 13.3. The minimum absolute atomic E-state index is 0.0349. The van der Waals surface area contributed by atoms with Crippen molar-refractivity contribution in [2.75, 3.05) is 31.6 Å². The molecule has 3 atom stereocenters. The highest BCUT2D eigenvalue weighted by Gasteiger charge is 2.47. The first-order chi connectivity index (χ1) is 25.7. The lowest BCUT2D eigenvalue weighted by Crippen LogP contribution is -2.50. The van der Waals surface area contributed by atoms with E-state index < -0.39 is 46.6 Å². The second kappa shape index (κ2) is 17.0. The molecule has 2 saturated heterocycles. The minimum Gasteiger partial charge on any atom is -0.444 e.